The molecule has 0 atom stereocenters. The van der Waals surface area contributed by atoms with Crippen LogP contribution in [-0.2, 0) is 13.0 Å². The van der Waals surface area contributed by atoms with Gasteiger partial charge in [0.05, 0.1) is 0 Å². The summed E-state index contributed by atoms with van der Waals surface area (Å²) in [5, 5.41) is 0. The summed E-state index contributed by atoms with van der Waals surface area (Å²) < 4.78 is 14.6. The molecule has 0 fully saturated rings. The number of carbonyl (C=O) groups excluding carboxylic acids is 1. The monoisotopic (exact) mass is 232 g/mol. The van der Waals surface area contributed by atoms with Gasteiger partial charge in [-0.1, -0.05) is 19.1 Å². The number of carbonyl (C=O) groups is 1. The Morgan fingerprint density at radius 2 is 2.06 bits per heavy atom. The number of rotatable bonds is 4. The van der Waals surface area contributed by atoms with Crippen molar-refractivity contribution in [3.05, 3.63) is 53.4 Å². The minimum absolute atomic E-state index is 0.259. The zero-order chi connectivity index (χ0) is 12.3. The van der Waals surface area contributed by atoms with Gasteiger partial charge in [-0.2, -0.15) is 0 Å². The highest BCUT2D eigenvalue weighted by molar-refractivity contribution is 5.69. The van der Waals surface area contributed by atoms with E-state index < -0.39 is 0 Å². The van der Waals surface area contributed by atoms with Gasteiger partial charge in [-0.05, 0) is 24.1 Å². The van der Waals surface area contributed by atoms with Crippen LogP contribution in [0, 0.1) is 5.82 Å². The number of aryl methyl sites for hydroxylation is 1. The second-order valence-corrected chi connectivity index (χ2v) is 3.79. The van der Waals surface area contributed by atoms with Gasteiger partial charge in [0.2, 0.25) is 0 Å². The largest absolute Gasteiger partial charge is 0.321 e. The van der Waals surface area contributed by atoms with Gasteiger partial charge in [0, 0.05) is 18.4 Å². The third-order valence-electron chi connectivity index (χ3n) is 2.69. The molecule has 2 rings (SSSR count). The molecule has 0 saturated heterocycles. The van der Waals surface area contributed by atoms with Crippen molar-refractivity contribution in [1.29, 1.82) is 0 Å². The highest BCUT2D eigenvalue weighted by Gasteiger charge is 2.08. The van der Waals surface area contributed by atoms with Gasteiger partial charge < -0.3 is 4.57 Å². The molecule has 0 aliphatic carbocycles. The van der Waals surface area contributed by atoms with Crippen LogP contribution in [0.4, 0.5) is 4.39 Å². The summed E-state index contributed by atoms with van der Waals surface area (Å²) in [5.74, 6) is 0.150. The first kappa shape index (κ1) is 11.5. The number of benzene rings is 1. The minimum Gasteiger partial charge on any atom is -0.321 e. The number of hydrogen-bond acceptors (Lipinski definition) is 2. The van der Waals surface area contributed by atoms with Crippen LogP contribution < -0.4 is 0 Å². The van der Waals surface area contributed by atoms with E-state index in [1.54, 1.807) is 18.3 Å². The minimum atomic E-state index is -0.259. The van der Waals surface area contributed by atoms with Crippen molar-refractivity contribution in [2.24, 2.45) is 0 Å². The molecule has 0 radical (unpaired) electrons. The average Bonchev–Trinajstić information content (AvgIpc) is 2.74. The molecule has 0 aliphatic rings. The van der Waals surface area contributed by atoms with Crippen LogP contribution in [0.25, 0.3) is 0 Å². The molecule has 0 aliphatic heterocycles. The Balaban J connectivity index is 2.31. The van der Waals surface area contributed by atoms with Gasteiger partial charge in [0.15, 0.2) is 12.1 Å². The van der Waals surface area contributed by atoms with Crippen molar-refractivity contribution in [1.82, 2.24) is 9.55 Å². The summed E-state index contributed by atoms with van der Waals surface area (Å²) in [6.07, 6.45) is 3.25. The SMILES string of the molecule is CCc1cnc(C=O)n1Cc1ccc(F)cc1. The maximum Gasteiger partial charge on any atom is 0.185 e. The van der Waals surface area contributed by atoms with Gasteiger partial charge in [-0.15, -0.1) is 0 Å². The maximum absolute atomic E-state index is 12.8. The van der Waals surface area contributed by atoms with E-state index in [-0.39, 0.29) is 5.82 Å². The molecule has 0 spiro atoms. The quantitative estimate of drug-likeness (QED) is 0.759. The third kappa shape index (κ3) is 2.41. The van der Waals surface area contributed by atoms with E-state index in [0.29, 0.717) is 12.4 Å². The van der Waals surface area contributed by atoms with Crippen LogP contribution in [0.5, 0.6) is 0 Å². The fourth-order valence-electron chi connectivity index (χ4n) is 1.76. The molecule has 2 aromatic rings. The van der Waals surface area contributed by atoms with Crippen molar-refractivity contribution in [3.63, 3.8) is 0 Å². The van der Waals surface area contributed by atoms with Crippen molar-refractivity contribution in [2.75, 3.05) is 0 Å². The van der Waals surface area contributed by atoms with E-state index in [2.05, 4.69) is 4.98 Å². The fraction of sp³-hybridized carbons (Fsp3) is 0.231. The Labute approximate surface area is 98.9 Å². The van der Waals surface area contributed by atoms with Crippen LogP contribution in [0.1, 0.15) is 28.8 Å². The van der Waals surface area contributed by atoms with Crippen LogP contribution in [-0.4, -0.2) is 15.8 Å². The molecule has 1 heterocycles. The van der Waals surface area contributed by atoms with Crippen LogP contribution in [0.15, 0.2) is 30.5 Å². The molecule has 1 aromatic carbocycles. The Morgan fingerprint density at radius 3 is 2.65 bits per heavy atom. The predicted molar refractivity (Wildman–Crippen MR) is 62.5 cm³/mol. The van der Waals surface area contributed by atoms with Gasteiger partial charge in [0.1, 0.15) is 5.82 Å². The molecule has 17 heavy (non-hydrogen) atoms. The van der Waals surface area contributed by atoms with Crippen molar-refractivity contribution >= 4 is 6.29 Å². The zero-order valence-corrected chi connectivity index (χ0v) is 9.56. The second-order valence-electron chi connectivity index (χ2n) is 3.79. The number of halogens is 1. The Hall–Kier alpha value is -1.97. The fourth-order valence-corrected chi connectivity index (χ4v) is 1.76. The van der Waals surface area contributed by atoms with Crippen molar-refractivity contribution in [2.45, 2.75) is 19.9 Å². The third-order valence-corrected chi connectivity index (χ3v) is 2.69. The first-order chi connectivity index (χ1) is 8.24. The van der Waals surface area contributed by atoms with E-state index in [9.17, 15) is 9.18 Å². The summed E-state index contributed by atoms with van der Waals surface area (Å²) in [7, 11) is 0. The molecule has 0 amide bonds. The summed E-state index contributed by atoms with van der Waals surface area (Å²) in [6.45, 7) is 2.55. The normalized spacial score (nSPS) is 10.5. The van der Waals surface area contributed by atoms with E-state index in [1.165, 1.54) is 12.1 Å². The topological polar surface area (TPSA) is 34.9 Å². The van der Waals surface area contributed by atoms with E-state index in [4.69, 9.17) is 0 Å². The lowest BCUT2D eigenvalue weighted by atomic mass is 10.2. The zero-order valence-electron chi connectivity index (χ0n) is 9.56. The van der Waals surface area contributed by atoms with Gasteiger partial charge in [-0.3, -0.25) is 4.79 Å². The lowest BCUT2D eigenvalue weighted by Gasteiger charge is -2.08. The lowest BCUT2D eigenvalue weighted by molar-refractivity contribution is 0.111. The van der Waals surface area contributed by atoms with Gasteiger partial charge >= 0.3 is 0 Å². The van der Waals surface area contributed by atoms with Crippen LogP contribution in [0.3, 0.4) is 0 Å². The molecule has 0 N–H and O–H groups in total. The number of aromatic nitrogens is 2. The Morgan fingerprint density at radius 1 is 1.35 bits per heavy atom. The highest BCUT2D eigenvalue weighted by atomic mass is 19.1. The standard InChI is InChI=1S/C13H13FN2O/c1-2-12-7-15-13(9-17)16(12)8-10-3-5-11(14)6-4-10/h3-7,9H,2,8H2,1H3. The molecule has 0 saturated carbocycles. The van der Waals surface area contributed by atoms with Crippen LogP contribution >= 0.6 is 0 Å². The maximum atomic E-state index is 12.8. The molecule has 1 aromatic heterocycles. The van der Waals surface area contributed by atoms with Crippen molar-refractivity contribution in [3.8, 4) is 0 Å². The number of imidazole rings is 1. The average molecular weight is 232 g/mol. The van der Waals surface area contributed by atoms with E-state index in [0.717, 1.165) is 24.0 Å². The number of aldehydes is 1. The molecule has 0 unspecified atom stereocenters. The van der Waals surface area contributed by atoms with Crippen molar-refractivity contribution < 1.29 is 9.18 Å². The molecular formula is C13H13FN2O. The molecule has 3 nitrogen and oxygen atoms in total. The lowest BCUT2D eigenvalue weighted by Crippen LogP contribution is -2.07. The Kier molecular flexibility index (Phi) is 3.32. The Bertz CT molecular complexity index is 517. The summed E-state index contributed by atoms with van der Waals surface area (Å²) in [4.78, 5) is 14.9. The molecule has 0 bridgehead atoms. The molecule has 4 heteroatoms. The summed E-state index contributed by atoms with van der Waals surface area (Å²) >= 11 is 0. The van der Waals surface area contributed by atoms with E-state index >= 15 is 0 Å². The van der Waals surface area contributed by atoms with Gasteiger partial charge in [-0.25, -0.2) is 9.37 Å². The number of hydrogen-bond donors (Lipinski definition) is 0. The predicted octanol–water partition coefficient (Wildman–Crippen LogP) is 2.45. The molecule has 88 valence electrons. The molecular weight excluding hydrogens is 219 g/mol. The summed E-state index contributed by atoms with van der Waals surface area (Å²) in [5.41, 5.74) is 1.94. The van der Waals surface area contributed by atoms with Gasteiger partial charge in [0.25, 0.3) is 0 Å². The second kappa shape index (κ2) is 4.91. The first-order valence-electron chi connectivity index (χ1n) is 5.48. The highest BCUT2D eigenvalue weighted by Crippen LogP contribution is 2.10. The summed E-state index contributed by atoms with van der Waals surface area (Å²) in [6, 6.07) is 6.25. The number of nitrogens with zero attached hydrogens (tertiary/aromatic N) is 2. The van der Waals surface area contributed by atoms with Crippen LogP contribution in [0.2, 0.25) is 0 Å². The smallest absolute Gasteiger partial charge is 0.185 e. The first-order valence-corrected chi connectivity index (χ1v) is 5.48. The van der Waals surface area contributed by atoms with E-state index in [1.807, 2.05) is 11.5 Å².